The molecule has 1 fully saturated rings. The number of nitrogens with one attached hydrogen (secondary N) is 1. The van der Waals surface area contributed by atoms with Crippen LogP contribution in [-0.4, -0.2) is 66.5 Å². The average molecular weight is 444 g/mol. The van der Waals surface area contributed by atoms with Gasteiger partial charge < -0.3 is 19.5 Å². The first-order valence-corrected chi connectivity index (χ1v) is 11.4. The van der Waals surface area contributed by atoms with Crippen LogP contribution < -0.4 is 0 Å². The first-order valence-electron chi connectivity index (χ1n) is 11.4. The number of esters is 1. The molecule has 7 heteroatoms. The van der Waals surface area contributed by atoms with Crippen LogP contribution in [0, 0.1) is 25.6 Å². The Kier molecular flexibility index (Phi) is 8.07. The van der Waals surface area contributed by atoms with E-state index in [2.05, 4.69) is 9.88 Å². The number of piperidine rings is 1. The lowest BCUT2D eigenvalue weighted by molar-refractivity contribution is 0.0525. The molecule has 174 valence electrons. The number of hydrogen-bond acceptors (Lipinski definition) is 4. The Morgan fingerprint density at radius 3 is 2.66 bits per heavy atom. The number of likely N-dealkylation sites (tertiary alicyclic amines) is 1. The van der Waals surface area contributed by atoms with E-state index in [-0.39, 0.29) is 11.7 Å². The van der Waals surface area contributed by atoms with Gasteiger partial charge in [-0.1, -0.05) is 12.1 Å². The Bertz CT molecular complexity index is 939. The maximum Gasteiger partial charge on any atom is 0.340 e. The monoisotopic (exact) mass is 443 g/mol. The molecule has 0 spiro atoms. The zero-order chi connectivity index (χ0) is 23.3. The summed E-state index contributed by atoms with van der Waals surface area (Å²) < 4.78 is 18.2. The molecule has 32 heavy (non-hydrogen) atoms. The van der Waals surface area contributed by atoms with Crippen LogP contribution in [0.2, 0.25) is 0 Å². The van der Waals surface area contributed by atoms with Crippen molar-refractivity contribution in [2.45, 2.75) is 40.0 Å². The number of aromatic nitrogens is 1. The second kappa shape index (κ2) is 10.8. The predicted molar refractivity (Wildman–Crippen MR) is 122 cm³/mol. The van der Waals surface area contributed by atoms with Crippen LogP contribution in [0.4, 0.5) is 4.39 Å². The van der Waals surface area contributed by atoms with Crippen LogP contribution in [0.15, 0.2) is 24.3 Å². The van der Waals surface area contributed by atoms with Crippen LogP contribution in [0.25, 0.3) is 0 Å². The molecule has 1 aromatic carbocycles. The summed E-state index contributed by atoms with van der Waals surface area (Å²) in [5, 5.41) is 0. The molecule has 0 bridgehead atoms. The second-order valence-corrected chi connectivity index (χ2v) is 8.72. The number of H-pyrrole nitrogens is 1. The van der Waals surface area contributed by atoms with Crippen molar-refractivity contribution in [2.24, 2.45) is 5.92 Å². The number of aryl methyl sites for hydroxylation is 1. The van der Waals surface area contributed by atoms with Gasteiger partial charge in [-0.25, -0.2) is 9.18 Å². The minimum atomic E-state index is -0.399. The molecular weight excluding hydrogens is 409 g/mol. The molecule has 1 amide bonds. The number of ether oxygens (including phenoxy) is 1. The van der Waals surface area contributed by atoms with E-state index in [0.29, 0.717) is 41.6 Å². The number of carbonyl (C=O) groups is 2. The fourth-order valence-electron chi connectivity index (χ4n) is 4.58. The van der Waals surface area contributed by atoms with Crippen LogP contribution in [0.3, 0.4) is 0 Å². The lowest BCUT2D eigenvalue weighted by Crippen LogP contribution is -2.42. The molecular formula is C25H34FN3O3. The molecule has 6 nitrogen and oxygen atoms in total. The summed E-state index contributed by atoms with van der Waals surface area (Å²) in [7, 11) is 1.82. The van der Waals surface area contributed by atoms with Gasteiger partial charge >= 0.3 is 5.97 Å². The van der Waals surface area contributed by atoms with Crippen LogP contribution in [0.1, 0.15) is 57.4 Å². The Balaban J connectivity index is 1.57. The van der Waals surface area contributed by atoms with Gasteiger partial charge in [0.1, 0.15) is 11.5 Å². The van der Waals surface area contributed by atoms with Gasteiger partial charge in [0, 0.05) is 32.4 Å². The van der Waals surface area contributed by atoms with E-state index in [0.717, 1.165) is 44.5 Å². The molecule has 2 heterocycles. The van der Waals surface area contributed by atoms with Crippen molar-refractivity contribution in [2.75, 3.05) is 39.8 Å². The molecule has 1 aliphatic rings. The van der Waals surface area contributed by atoms with E-state index in [1.54, 1.807) is 25.7 Å². The lowest BCUT2D eigenvalue weighted by atomic mass is 9.97. The second-order valence-electron chi connectivity index (χ2n) is 8.72. The van der Waals surface area contributed by atoms with Gasteiger partial charge in [0.2, 0.25) is 0 Å². The Morgan fingerprint density at radius 1 is 1.25 bits per heavy atom. The number of halogens is 1. The average Bonchev–Trinajstić information content (AvgIpc) is 3.07. The molecule has 1 N–H and O–H groups in total. The van der Waals surface area contributed by atoms with Crippen LogP contribution >= 0.6 is 0 Å². The number of carbonyl (C=O) groups excluding carboxylic acids is 2. The van der Waals surface area contributed by atoms with E-state index < -0.39 is 5.97 Å². The lowest BCUT2D eigenvalue weighted by Gasteiger charge is -2.34. The highest BCUT2D eigenvalue weighted by Gasteiger charge is 2.27. The normalized spacial score (nSPS) is 16.7. The number of hydrogen-bond donors (Lipinski definition) is 1. The number of benzene rings is 1. The Labute approximate surface area is 189 Å². The van der Waals surface area contributed by atoms with Gasteiger partial charge in [0.15, 0.2) is 0 Å². The van der Waals surface area contributed by atoms with Crippen molar-refractivity contribution < 1.29 is 18.7 Å². The molecule has 0 saturated carbocycles. The van der Waals surface area contributed by atoms with Gasteiger partial charge in [-0.05, 0) is 75.8 Å². The topological polar surface area (TPSA) is 65.6 Å². The SMILES string of the molecule is CCOC(=O)c1c(C)[nH]c(C(=O)N(C)C[C@@H]2CCCN(CCc3ccc(F)cc3)C2)c1C. The molecule has 1 aliphatic heterocycles. The van der Waals surface area contributed by atoms with Gasteiger partial charge in [-0.15, -0.1) is 0 Å². The molecule has 2 aromatic rings. The van der Waals surface area contributed by atoms with Gasteiger partial charge in [-0.3, -0.25) is 4.79 Å². The van der Waals surface area contributed by atoms with E-state index in [1.807, 2.05) is 19.2 Å². The van der Waals surface area contributed by atoms with Crippen LogP contribution in [-0.2, 0) is 11.2 Å². The molecule has 1 aromatic heterocycles. The third kappa shape index (κ3) is 5.76. The summed E-state index contributed by atoms with van der Waals surface area (Å²) in [5.41, 5.74) is 3.34. The summed E-state index contributed by atoms with van der Waals surface area (Å²) in [4.78, 5) is 32.6. The standard InChI is InChI=1S/C25H34FN3O3/c1-5-32-25(31)22-17(2)23(27-18(22)3)24(30)28(4)15-20-7-6-13-29(16-20)14-12-19-8-10-21(26)11-9-19/h8-11,20,27H,5-7,12-16H2,1-4H3/t20-/m0/s1. The maximum atomic E-state index is 13.1. The van der Waals surface area contributed by atoms with Crippen molar-refractivity contribution >= 4 is 11.9 Å². The molecule has 3 rings (SSSR count). The summed E-state index contributed by atoms with van der Waals surface area (Å²) in [6.07, 6.45) is 3.07. The third-order valence-corrected chi connectivity index (χ3v) is 6.24. The van der Waals surface area contributed by atoms with Gasteiger partial charge in [0.05, 0.1) is 12.2 Å². The minimum absolute atomic E-state index is 0.107. The predicted octanol–water partition coefficient (Wildman–Crippen LogP) is 3.97. The van der Waals surface area contributed by atoms with Gasteiger partial charge in [-0.2, -0.15) is 0 Å². The number of amides is 1. The number of nitrogens with zero attached hydrogens (tertiary/aromatic N) is 2. The number of rotatable bonds is 8. The van der Waals surface area contributed by atoms with Crippen LogP contribution in [0.5, 0.6) is 0 Å². The first kappa shape index (κ1) is 24.0. The summed E-state index contributed by atoms with van der Waals surface area (Å²) in [6, 6.07) is 6.70. The van der Waals surface area contributed by atoms with E-state index in [4.69, 9.17) is 4.74 Å². The van der Waals surface area contributed by atoms with Crippen molar-refractivity contribution in [3.8, 4) is 0 Å². The zero-order valence-electron chi connectivity index (χ0n) is 19.5. The minimum Gasteiger partial charge on any atom is -0.462 e. The number of aromatic amines is 1. The largest absolute Gasteiger partial charge is 0.462 e. The highest BCUT2D eigenvalue weighted by Crippen LogP contribution is 2.22. The summed E-state index contributed by atoms with van der Waals surface area (Å²) in [6.45, 7) is 9.22. The summed E-state index contributed by atoms with van der Waals surface area (Å²) in [5.74, 6) is -0.317. The molecule has 0 radical (unpaired) electrons. The third-order valence-electron chi connectivity index (χ3n) is 6.24. The van der Waals surface area contributed by atoms with E-state index in [9.17, 15) is 14.0 Å². The highest BCUT2D eigenvalue weighted by atomic mass is 19.1. The fraction of sp³-hybridized carbons (Fsp3) is 0.520. The van der Waals surface area contributed by atoms with Gasteiger partial charge in [0.25, 0.3) is 5.91 Å². The highest BCUT2D eigenvalue weighted by molar-refractivity contribution is 6.00. The van der Waals surface area contributed by atoms with Crippen molar-refractivity contribution in [1.82, 2.24) is 14.8 Å². The quantitative estimate of drug-likeness (QED) is 0.627. The molecule has 0 unspecified atom stereocenters. The molecule has 1 atom stereocenters. The maximum absolute atomic E-state index is 13.1. The molecule has 1 saturated heterocycles. The van der Waals surface area contributed by atoms with E-state index >= 15 is 0 Å². The van der Waals surface area contributed by atoms with E-state index in [1.165, 1.54) is 12.1 Å². The molecule has 0 aliphatic carbocycles. The Morgan fingerprint density at radius 2 is 1.97 bits per heavy atom. The Hall–Kier alpha value is -2.67. The first-order chi connectivity index (χ1) is 15.3. The van der Waals surface area contributed by atoms with Crippen molar-refractivity contribution in [3.63, 3.8) is 0 Å². The fourth-order valence-corrected chi connectivity index (χ4v) is 4.58. The van der Waals surface area contributed by atoms with Crippen molar-refractivity contribution in [1.29, 1.82) is 0 Å². The summed E-state index contributed by atoms with van der Waals surface area (Å²) >= 11 is 0. The zero-order valence-corrected chi connectivity index (χ0v) is 19.5. The van der Waals surface area contributed by atoms with Crippen molar-refractivity contribution in [3.05, 3.63) is 58.2 Å². The smallest absolute Gasteiger partial charge is 0.340 e.